The van der Waals surface area contributed by atoms with Gasteiger partial charge in [-0.25, -0.2) is 4.58 Å². The van der Waals surface area contributed by atoms with Crippen LogP contribution in [0.4, 0.5) is 5.69 Å². The number of unbranched alkanes of at least 4 members (excludes halogenated alkanes) is 1. The molecular weight excluding hydrogens is 360 g/mol. The van der Waals surface area contributed by atoms with Gasteiger partial charge in [0.1, 0.15) is 6.54 Å². The molecule has 1 fully saturated rings. The summed E-state index contributed by atoms with van der Waals surface area (Å²) in [5.41, 5.74) is 4.50. The van der Waals surface area contributed by atoms with E-state index in [-0.39, 0.29) is 5.41 Å². The van der Waals surface area contributed by atoms with Gasteiger partial charge in [0.05, 0.1) is 5.75 Å². The van der Waals surface area contributed by atoms with Crippen LogP contribution in [-0.4, -0.2) is 35.0 Å². The van der Waals surface area contributed by atoms with Crippen LogP contribution < -0.4 is 4.90 Å². The summed E-state index contributed by atoms with van der Waals surface area (Å²) in [6, 6.07) is 9.08. The van der Waals surface area contributed by atoms with Gasteiger partial charge in [-0.05, 0) is 30.9 Å². The van der Waals surface area contributed by atoms with Gasteiger partial charge in [-0.2, -0.15) is 0 Å². The van der Waals surface area contributed by atoms with Crippen molar-refractivity contribution in [3.63, 3.8) is 0 Å². The van der Waals surface area contributed by atoms with E-state index in [1.165, 1.54) is 79.2 Å². The van der Waals surface area contributed by atoms with Crippen LogP contribution in [0.25, 0.3) is 0 Å². The molecule has 152 valence electrons. The number of hydrogen-bond acceptors (Lipinski definition) is 2. The Bertz CT molecular complexity index is 756. The predicted molar refractivity (Wildman–Crippen MR) is 124 cm³/mol. The van der Waals surface area contributed by atoms with E-state index in [9.17, 15) is 0 Å². The highest BCUT2D eigenvalue weighted by Crippen LogP contribution is 2.48. The lowest BCUT2D eigenvalue weighted by atomic mass is 9.84. The fraction of sp³-hybridized carbons (Fsp3) is 0.640. The number of nitrogens with zero attached hydrogens (tertiary/aromatic N) is 2. The molecule has 28 heavy (non-hydrogen) atoms. The molecule has 0 saturated heterocycles. The molecule has 2 heterocycles. The zero-order chi connectivity index (χ0) is 19.6. The summed E-state index contributed by atoms with van der Waals surface area (Å²) in [6.45, 7) is 10.6. The molecule has 0 spiro atoms. The fourth-order valence-corrected chi connectivity index (χ4v) is 6.49. The molecule has 0 bridgehead atoms. The van der Waals surface area contributed by atoms with Crippen LogP contribution >= 0.6 is 11.8 Å². The molecule has 2 nitrogen and oxygen atoms in total. The van der Waals surface area contributed by atoms with E-state index in [0.717, 1.165) is 19.0 Å². The molecule has 2 aliphatic heterocycles. The van der Waals surface area contributed by atoms with Gasteiger partial charge in [-0.3, -0.25) is 0 Å². The highest BCUT2D eigenvalue weighted by atomic mass is 32.2. The number of rotatable bonds is 7. The van der Waals surface area contributed by atoms with Gasteiger partial charge in [0.25, 0.3) is 0 Å². The van der Waals surface area contributed by atoms with Crippen LogP contribution in [0.1, 0.15) is 71.3 Å². The molecule has 3 heteroatoms. The van der Waals surface area contributed by atoms with Gasteiger partial charge >= 0.3 is 0 Å². The number of fused-ring (bicyclic) bond motifs is 1. The molecule has 0 radical (unpaired) electrons. The average Bonchev–Trinajstić information content (AvgIpc) is 3.41. The predicted octanol–water partition coefficient (Wildman–Crippen LogP) is 6.21. The quantitative estimate of drug-likeness (QED) is 0.399. The smallest absolute Gasteiger partial charge is 0.236 e. The first kappa shape index (κ1) is 20.1. The lowest BCUT2D eigenvalue weighted by molar-refractivity contribution is -0.513. The van der Waals surface area contributed by atoms with Crippen molar-refractivity contribution in [3.8, 4) is 0 Å². The average molecular weight is 398 g/mol. The van der Waals surface area contributed by atoms with Gasteiger partial charge in [0, 0.05) is 29.4 Å². The maximum atomic E-state index is 2.64. The molecule has 4 rings (SSSR count). The van der Waals surface area contributed by atoms with Crippen molar-refractivity contribution in [1.82, 2.24) is 0 Å². The molecule has 0 N–H and O–H groups in total. The number of thioether (sulfide) groups is 1. The first-order valence-electron chi connectivity index (χ1n) is 11.4. The number of allylic oxidation sites excluding steroid dienone is 1. The van der Waals surface area contributed by atoms with Crippen molar-refractivity contribution in [2.75, 3.05) is 30.3 Å². The molecule has 1 aliphatic carbocycles. The van der Waals surface area contributed by atoms with E-state index in [0.29, 0.717) is 0 Å². The molecule has 0 atom stereocenters. The number of benzene rings is 1. The van der Waals surface area contributed by atoms with Crippen LogP contribution in [0, 0.1) is 5.92 Å². The van der Waals surface area contributed by atoms with Gasteiger partial charge in [0.2, 0.25) is 5.04 Å². The van der Waals surface area contributed by atoms with Crippen LogP contribution in [-0.2, 0) is 5.41 Å². The Morgan fingerprint density at radius 2 is 1.96 bits per heavy atom. The van der Waals surface area contributed by atoms with Crippen molar-refractivity contribution in [1.29, 1.82) is 0 Å². The van der Waals surface area contributed by atoms with Gasteiger partial charge < -0.3 is 4.90 Å². The zero-order valence-electron chi connectivity index (χ0n) is 18.0. The molecule has 1 aromatic carbocycles. The van der Waals surface area contributed by atoms with Crippen molar-refractivity contribution < 1.29 is 4.58 Å². The Labute approximate surface area is 176 Å². The van der Waals surface area contributed by atoms with Gasteiger partial charge in [-0.15, -0.1) is 0 Å². The Kier molecular flexibility index (Phi) is 6.20. The van der Waals surface area contributed by atoms with Crippen molar-refractivity contribution in [2.24, 2.45) is 5.92 Å². The van der Waals surface area contributed by atoms with Crippen molar-refractivity contribution in [3.05, 3.63) is 41.6 Å². The van der Waals surface area contributed by atoms with Gasteiger partial charge in [0.15, 0.2) is 6.54 Å². The topological polar surface area (TPSA) is 6.25 Å². The van der Waals surface area contributed by atoms with Crippen LogP contribution in [0.5, 0.6) is 0 Å². The highest BCUT2D eigenvalue weighted by Gasteiger charge is 2.40. The molecular formula is C25H37N2S+. The highest BCUT2D eigenvalue weighted by molar-refractivity contribution is 8.14. The minimum Gasteiger partial charge on any atom is -0.344 e. The summed E-state index contributed by atoms with van der Waals surface area (Å²) >= 11 is 2.03. The second-order valence-electron chi connectivity index (χ2n) is 9.24. The van der Waals surface area contributed by atoms with Crippen LogP contribution in [0.3, 0.4) is 0 Å². The first-order chi connectivity index (χ1) is 13.6. The maximum absolute atomic E-state index is 2.64. The van der Waals surface area contributed by atoms with E-state index in [4.69, 9.17) is 0 Å². The molecule has 1 aromatic rings. The Hall–Kier alpha value is -1.22. The third kappa shape index (κ3) is 3.92. The van der Waals surface area contributed by atoms with Gasteiger partial charge in [-0.1, -0.05) is 82.3 Å². The first-order valence-corrected chi connectivity index (χ1v) is 12.4. The largest absolute Gasteiger partial charge is 0.344 e. The number of hydrogen-bond donors (Lipinski definition) is 0. The molecule has 0 unspecified atom stereocenters. The van der Waals surface area contributed by atoms with E-state index in [1.807, 2.05) is 11.8 Å². The monoisotopic (exact) mass is 397 g/mol. The second-order valence-corrected chi connectivity index (χ2v) is 10.4. The molecule has 0 amide bonds. The fourth-order valence-electron chi connectivity index (χ4n) is 5.37. The Morgan fingerprint density at radius 3 is 2.75 bits per heavy atom. The minimum absolute atomic E-state index is 0.0810. The molecule has 0 aromatic heterocycles. The number of para-hydroxylation sites is 1. The number of anilines is 1. The summed E-state index contributed by atoms with van der Waals surface area (Å²) in [5.74, 6) is 2.24. The minimum atomic E-state index is 0.0810. The summed E-state index contributed by atoms with van der Waals surface area (Å²) in [5, 5.41) is 1.47. The van der Waals surface area contributed by atoms with Crippen molar-refractivity contribution in [2.45, 2.75) is 71.1 Å². The van der Waals surface area contributed by atoms with E-state index in [2.05, 4.69) is 60.6 Å². The Balaban J connectivity index is 1.55. The molecule has 3 aliphatic rings. The third-order valence-electron chi connectivity index (χ3n) is 7.08. The molecule has 1 saturated carbocycles. The van der Waals surface area contributed by atoms with E-state index >= 15 is 0 Å². The normalized spacial score (nSPS) is 23.2. The summed E-state index contributed by atoms with van der Waals surface area (Å²) in [4.78, 5) is 2.64. The van der Waals surface area contributed by atoms with Crippen LogP contribution in [0.15, 0.2) is 36.0 Å². The van der Waals surface area contributed by atoms with E-state index < -0.39 is 0 Å². The zero-order valence-corrected chi connectivity index (χ0v) is 18.9. The lowest BCUT2D eigenvalue weighted by Gasteiger charge is -2.27. The summed E-state index contributed by atoms with van der Waals surface area (Å²) in [6.07, 6.45) is 12.5. The van der Waals surface area contributed by atoms with Crippen molar-refractivity contribution >= 4 is 22.5 Å². The van der Waals surface area contributed by atoms with Crippen LogP contribution in [0.2, 0.25) is 0 Å². The SMILES string of the molecule is CC[N+]1=C(/C=C2/N(CCCCC3CCCC3)c3ccccc3C2(C)C)SCC1. The third-order valence-corrected chi connectivity index (χ3v) is 8.14. The Morgan fingerprint density at radius 1 is 1.18 bits per heavy atom. The summed E-state index contributed by atoms with van der Waals surface area (Å²) in [7, 11) is 0. The second kappa shape index (κ2) is 8.65. The van der Waals surface area contributed by atoms with E-state index in [1.54, 1.807) is 0 Å². The standard InChI is InChI=1S/C25H37N2S/c1-4-26-17-18-28-24(26)19-23-25(2,3)21-14-7-8-15-22(21)27(23)16-10-9-13-20-11-5-6-12-20/h7-8,14-15,19-20H,4-6,9-13,16-18H2,1-3H3/q+1. The maximum Gasteiger partial charge on any atom is 0.236 e. The lowest BCUT2D eigenvalue weighted by Crippen LogP contribution is -2.28. The summed E-state index contributed by atoms with van der Waals surface area (Å²) < 4.78 is 2.54.